The highest BCUT2D eigenvalue weighted by Crippen LogP contribution is 2.40. The average molecular weight is 500 g/mol. The van der Waals surface area contributed by atoms with Gasteiger partial charge in [-0.05, 0) is 66.4 Å². The second-order valence-corrected chi connectivity index (χ2v) is 10.1. The molecule has 0 fully saturated rings. The molecule has 0 amide bonds. The zero-order chi connectivity index (χ0) is 25.9. The van der Waals surface area contributed by atoms with Gasteiger partial charge in [0, 0.05) is 50.9 Å². The molecule has 0 spiro atoms. The number of para-hydroxylation sites is 2. The second kappa shape index (κ2) is 8.44. The first-order valence-corrected chi connectivity index (χ1v) is 13.3. The molecule has 0 saturated carbocycles. The Hall–Kier alpha value is -5.15. The minimum Gasteiger partial charge on any atom is -0.316 e. The summed E-state index contributed by atoms with van der Waals surface area (Å²) in [6, 6.07) is 43.5. The summed E-state index contributed by atoms with van der Waals surface area (Å²) in [6.07, 6.45) is 4.04. The Labute approximate surface area is 226 Å². The normalized spacial score (nSPS) is 11.7. The van der Waals surface area contributed by atoms with Gasteiger partial charge in [-0.25, -0.2) is 0 Å². The minimum atomic E-state index is 0.984. The molecular formula is C36H25N3. The Morgan fingerprint density at radius 3 is 2.23 bits per heavy atom. The number of aryl methyl sites for hydroxylation is 1. The third-order valence-electron chi connectivity index (χ3n) is 7.94. The molecule has 0 bridgehead atoms. The van der Waals surface area contributed by atoms with Crippen LogP contribution in [-0.2, 0) is 0 Å². The summed E-state index contributed by atoms with van der Waals surface area (Å²) in [7, 11) is 0. The number of rotatable bonds is 3. The molecule has 0 atom stereocenters. The Bertz CT molecular complexity index is 2160. The molecule has 5 aromatic carbocycles. The predicted molar refractivity (Wildman–Crippen MR) is 163 cm³/mol. The summed E-state index contributed by atoms with van der Waals surface area (Å²) in [6.45, 7) is 2.18. The Morgan fingerprint density at radius 1 is 0.590 bits per heavy atom. The third kappa shape index (κ3) is 3.27. The third-order valence-corrected chi connectivity index (χ3v) is 7.94. The molecule has 0 aliphatic carbocycles. The zero-order valence-corrected chi connectivity index (χ0v) is 21.5. The van der Waals surface area contributed by atoms with Crippen molar-refractivity contribution in [2.24, 2.45) is 0 Å². The van der Waals surface area contributed by atoms with Crippen molar-refractivity contribution in [3.63, 3.8) is 0 Å². The molecular weight excluding hydrogens is 474 g/mol. The van der Waals surface area contributed by atoms with Gasteiger partial charge in [-0.2, -0.15) is 0 Å². The van der Waals surface area contributed by atoms with Crippen molar-refractivity contribution in [1.82, 2.24) is 14.1 Å². The number of fused-ring (bicyclic) bond motifs is 7. The van der Waals surface area contributed by atoms with Crippen LogP contribution < -0.4 is 0 Å². The number of nitrogens with zero attached hydrogens (tertiary/aromatic N) is 3. The summed E-state index contributed by atoms with van der Waals surface area (Å²) < 4.78 is 4.73. The molecule has 0 aliphatic heterocycles. The summed E-state index contributed by atoms with van der Waals surface area (Å²) >= 11 is 0. The van der Waals surface area contributed by atoms with Crippen LogP contribution in [0.25, 0.3) is 66.1 Å². The molecule has 3 heterocycles. The molecule has 0 saturated heterocycles. The topological polar surface area (TPSA) is 22.8 Å². The number of pyridine rings is 1. The van der Waals surface area contributed by atoms with Gasteiger partial charge in [0.05, 0.1) is 22.2 Å². The van der Waals surface area contributed by atoms with Gasteiger partial charge >= 0.3 is 0 Å². The molecule has 0 unspecified atom stereocenters. The van der Waals surface area contributed by atoms with Crippen molar-refractivity contribution in [3.8, 4) is 22.6 Å². The van der Waals surface area contributed by atoms with E-state index in [1.54, 1.807) is 0 Å². The SMILES string of the molecule is Cc1ccccc1-n1ccc2ccc3c(ccc4c3c3ccccc3n4-c3ccc(-c4ccccn4)cc3)c21. The maximum atomic E-state index is 4.52. The molecule has 0 N–H and O–H groups in total. The fourth-order valence-electron chi connectivity index (χ4n) is 6.13. The van der Waals surface area contributed by atoms with Crippen molar-refractivity contribution in [3.05, 3.63) is 139 Å². The van der Waals surface area contributed by atoms with E-state index >= 15 is 0 Å². The molecule has 0 aliphatic rings. The predicted octanol–water partition coefficient (Wildman–Crippen LogP) is 9.25. The molecule has 3 aromatic heterocycles. The largest absolute Gasteiger partial charge is 0.316 e. The van der Waals surface area contributed by atoms with E-state index in [9.17, 15) is 0 Å². The highest BCUT2D eigenvalue weighted by atomic mass is 15.0. The van der Waals surface area contributed by atoms with E-state index in [2.05, 4.69) is 136 Å². The first-order valence-electron chi connectivity index (χ1n) is 13.3. The summed E-state index contributed by atoms with van der Waals surface area (Å²) in [4.78, 5) is 4.52. The van der Waals surface area contributed by atoms with Gasteiger partial charge in [-0.15, -0.1) is 0 Å². The van der Waals surface area contributed by atoms with E-state index in [0.29, 0.717) is 0 Å². The van der Waals surface area contributed by atoms with Crippen molar-refractivity contribution in [1.29, 1.82) is 0 Å². The first kappa shape index (κ1) is 21.9. The number of hydrogen-bond donors (Lipinski definition) is 0. The molecule has 8 rings (SSSR count). The van der Waals surface area contributed by atoms with Crippen LogP contribution in [0, 0.1) is 6.92 Å². The van der Waals surface area contributed by atoms with Crippen LogP contribution in [-0.4, -0.2) is 14.1 Å². The molecule has 39 heavy (non-hydrogen) atoms. The van der Waals surface area contributed by atoms with Gasteiger partial charge in [0.15, 0.2) is 0 Å². The van der Waals surface area contributed by atoms with Crippen molar-refractivity contribution in [2.75, 3.05) is 0 Å². The van der Waals surface area contributed by atoms with Crippen LogP contribution in [0.1, 0.15) is 5.56 Å². The maximum absolute atomic E-state index is 4.52. The summed E-state index contributed by atoms with van der Waals surface area (Å²) in [5.74, 6) is 0. The van der Waals surface area contributed by atoms with Gasteiger partial charge in [0.25, 0.3) is 0 Å². The van der Waals surface area contributed by atoms with Crippen LogP contribution in [0.5, 0.6) is 0 Å². The van der Waals surface area contributed by atoms with Gasteiger partial charge in [0.2, 0.25) is 0 Å². The summed E-state index contributed by atoms with van der Waals surface area (Å²) in [5, 5.41) is 6.34. The van der Waals surface area contributed by atoms with Crippen LogP contribution in [0.4, 0.5) is 0 Å². The number of benzene rings is 5. The van der Waals surface area contributed by atoms with Gasteiger partial charge in [-0.1, -0.05) is 72.8 Å². The monoisotopic (exact) mass is 499 g/mol. The van der Waals surface area contributed by atoms with Crippen molar-refractivity contribution in [2.45, 2.75) is 6.92 Å². The highest BCUT2D eigenvalue weighted by molar-refractivity contribution is 6.25. The maximum Gasteiger partial charge on any atom is 0.0701 e. The van der Waals surface area contributed by atoms with Gasteiger partial charge in [-0.3, -0.25) is 4.98 Å². The zero-order valence-electron chi connectivity index (χ0n) is 21.5. The van der Waals surface area contributed by atoms with E-state index in [-0.39, 0.29) is 0 Å². The average Bonchev–Trinajstić information content (AvgIpc) is 3.58. The number of hydrogen-bond acceptors (Lipinski definition) is 1. The fourth-order valence-corrected chi connectivity index (χ4v) is 6.13. The summed E-state index contributed by atoms with van der Waals surface area (Å²) in [5.41, 5.74) is 9.39. The molecule has 3 nitrogen and oxygen atoms in total. The van der Waals surface area contributed by atoms with E-state index < -0.39 is 0 Å². The Kier molecular flexibility index (Phi) is 4.74. The first-order chi connectivity index (χ1) is 19.3. The Balaban J connectivity index is 1.41. The Morgan fingerprint density at radius 2 is 1.38 bits per heavy atom. The smallest absolute Gasteiger partial charge is 0.0701 e. The quantitative estimate of drug-likeness (QED) is 0.237. The highest BCUT2D eigenvalue weighted by Gasteiger charge is 2.17. The standard InChI is InChI=1S/C36H25N3/c1-24-8-2-4-11-32(24)38-23-21-26-15-18-28-29(36(26)38)19-20-34-35(28)30-9-3-5-12-33(30)39(34)27-16-13-25(14-17-27)31-10-6-7-22-37-31/h2-23H,1H3. The lowest BCUT2D eigenvalue weighted by atomic mass is 10.0. The molecule has 3 heteroatoms. The van der Waals surface area contributed by atoms with Crippen LogP contribution in [0.2, 0.25) is 0 Å². The van der Waals surface area contributed by atoms with Crippen molar-refractivity contribution >= 4 is 43.5 Å². The van der Waals surface area contributed by atoms with Crippen molar-refractivity contribution < 1.29 is 0 Å². The molecule has 184 valence electrons. The van der Waals surface area contributed by atoms with E-state index in [4.69, 9.17) is 0 Å². The number of aromatic nitrogens is 3. The van der Waals surface area contributed by atoms with Gasteiger partial charge < -0.3 is 9.13 Å². The van der Waals surface area contributed by atoms with Crippen LogP contribution >= 0.6 is 0 Å². The van der Waals surface area contributed by atoms with E-state index in [0.717, 1.165) is 16.9 Å². The fraction of sp³-hybridized carbons (Fsp3) is 0.0278. The van der Waals surface area contributed by atoms with E-state index in [1.807, 2.05) is 18.3 Å². The van der Waals surface area contributed by atoms with Crippen LogP contribution in [0.15, 0.2) is 134 Å². The van der Waals surface area contributed by atoms with E-state index in [1.165, 1.54) is 54.7 Å². The minimum absolute atomic E-state index is 0.984. The lowest BCUT2D eigenvalue weighted by Gasteiger charge is -2.12. The van der Waals surface area contributed by atoms with Gasteiger partial charge in [0.1, 0.15) is 0 Å². The van der Waals surface area contributed by atoms with Crippen LogP contribution in [0.3, 0.4) is 0 Å². The lowest BCUT2D eigenvalue weighted by Crippen LogP contribution is -1.96. The molecule has 8 aromatic rings. The second-order valence-electron chi connectivity index (χ2n) is 10.1. The molecule has 0 radical (unpaired) electrons. The lowest BCUT2D eigenvalue weighted by molar-refractivity contribution is 1.11.